The standard InChI is InChI=1S/C13H10N2O2S/c16-18(17)12-9-5-4-8-11(12)13(14-15-18)10-6-2-1-3-7-10/h1-9,13H. The van der Waals surface area contributed by atoms with Gasteiger partial charge in [-0.15, -0.1) is 0 Å². The Morgan fingerprint density at radius 1 is 0.889 bits per heavy atom. The third-order valence-corrected chi connectivity index (χ3v) is 4.11. The Balaban J connectivity index is 2.21. The summed E-state index contributed by atoms with van der Waals surface area (Å²) < 4.78 is 27.0. The quantitative estimate of drug-likeness (QED) is 0.789. The summed E-state index contributed by atoms with van der Waals surface area (Å²) in [7, 11) is -3.62. The summed E-state index contributed by atoms with van der Waals surface area (Å²) in [5.41, 5.74) is 1.61. The summed E-state index contributed by atoms with van der Waals surface area (Å²) in [6.07, 6.45) is 0. The van der Waals surface area contributed by atoms with Crippen LogP contribution < -0.4 is 0 Å². The molecule has 5 heteroatoms. The molecule has 1 heterocycles. The van der Waals surface area contributed by atoms with Crippen LogP contribution in [0.1, 0.15) is 17.2 Å². The van der Waals surface area contributed by atoms with Crippen molar-refractivity contribution in [1.29, 1.82) is 0 Å². The maximum Gasteiger partial charge on any atom is 0.299 e. The molecule has 2 aromatic rings. The largest absolute Gasteiger partial charge is 0.299 e. The molecule has 90 valence electrons. The smallest absolute Gasteiger partial charge is 0.198 e. The van der Waals surface area contributed by atoms with Crippen molar-refractivity contribution < 1.29 is 8.42 Å². The topological polar surface area (TPSA) is 58.9 Å². The number of hydrogen-bond acceptors (Lipinski definition) is 3. The van der Waals surface area contributed by atoms with E-state index in [2.05, 4.69) is 9.63 Å². The lowest BCUT2D eigenvalue weighted by atomic mass is 9.99. The zero-order valence-corrected chi connectivity index (χ0v) is 10.2. The van der Waals surface area contributed by atoms with Crippen LogP contribution in [-0.2, 0) is 10.0 Å². The molecule has 0 saturated heterocycles. The van der Waals surface area contributed by atoms with Crippen LogP contribution in [0, 0.1) is 0 Å². The van der Waals surface area contributed by atoms with E-state index in [1.54, 1.807) is 18.2 Å². The van der Waals surface area contributed by atoms with Crippen molar-refractivity contribution in [1.82, 2.24) is 0 Å². The normalized spacial score (nSPS) is 20.3. The molecule has 1 aliphatic heterocycles. The summed E-state index contributed by atoms with van der Waals surface area (Å²) in [6, 6.07) is 16.0. The van der Waals surface area contributed by atoms with Gasteiger partial charge in [-0.05, 0) is 11.6 Å². The fraction of sp³-hybridized carbons (Fsp3) is 0.0769. The summed E-state index contributed by atoms with van der Waals surface area (Å²) >= 11 is 0. The van der Waals surface area contributed by atoms with E-state index in [4.69, 9.17) is 0 Å². The highest BCUT2D eigenvalue weighted by Gasteiger charge is 2.28. The van der Waals surface area contributed by atoms with Gasteiger partial charge in [0.15, 0.2) is 0 Å². The van der Waals surface area contributed by atoms with Gasteiger partial charge in [-0.3, -0.25) is 0 Å². The van der Waals surface area contributed by atoms with Gasteiger partial charge in [-0.25, -0.2) is 0 Å². The van der Waals surface area contributed by atoms with Crippen LogP contribution in [0.25, 0.3) is 0 Å². The molecule has 0 bridgehead atoms. The maximum absolute atomic E-state index is 11.8. The molecule has 0 spiro atoms. The van der Waals surface area contributed by atoms with Gasteiger partial charge in [0, 0.05) is 5.56 Å². The number of benzene rings is 2. The zero-order valence-electron chi connectivity index (χ0n) is 9.39. The number of rotatable bonds is 1. The molecule has 4 nitrogen and oxygen atoms in total. The van der Waals surface area contributed by atoms with Crippen LogP contribution in [-0.4, -0.2) is 8.42 Å². The second-order valence-corrected chi connectivity index (χ2v) is 5.58. The minimum absolute atomic E-state index is 0.244. The van der Waals surface area contributed by atoms with E-state index in [1.807, 2.05) is 36.4 Å². The Morgan fingerprint density at radius 3 is 2.33 bits per heavy atom. The third kappa shape index (κ3) is 1.73. The molecule has 1 atom stereocenters. The zero-order chi connectivity index (χ0) is 12.6. The molecule has 0 saturated carbocycles. The van der Waals surface area contributed by atoms with E-state index in [9.17, 15) is 8.42 Å². The lowest BCUT2D eigenvalue weighted by Crippen LogP contribution is -2.10. The van der Waals surface area contributed by atoms with E-state index in [0.717, 1.165) is 5.56 Å². The second kappa shape index (κ2) is 4.03. The van der Waals surface area contributed by atoms with E-state index < -0.39 is 10.0 Å². The average Bonchev–Trinajstić information content (AvgIpc) is 2.40. The van der Waals surface area contributed by atoms with Gasteiger partial charge < -0.3 is 0 Å². The van der Waals surface area contributed by atoms with Gasteiger partial charge in [0.05, 0.1) is 4.90 Å². The predicted octanol–water partition coefficient (Wildman–Crippen LogP) is 2.93. The molecular formula is C13H10N2O2S. The SMILES string of the molecule is O=S1(=O)N=NC(c2ccccc2)c2ccccc21. The van der Waals surface area contributed by atoms with Crippen LogP contribution >= 0.6 is 0 Å². The molecular weight excluding hydrogens is 248 g/mol. The van der Waals surface area contributed by atoms with Gasteiger partial charge in [0.25, 0.3) is 10.0 Å². The highest BCUT2D eigenvalue weighted by Crippen LogP contribution is 2.35. The maximum atomic E-state index is 11.8. The molecule has 0 radical (unpaired) electrons. The Kier molecular flexibility index (Phi) is 2.48. The average molecular weight is 258 g/mol. The Morgan fingerprint density at radius 2 is 1.56 bits per heavy atom. The monoisotopic (exact) mass is 258 g/mol. The van der Waals surface area contributed by atoms with E-state index in [-0.39, 0.29) is 10.9 Å². The van der Waals surface area contributed by atoms with Crippen molar-refractivity contribution in [3.8, 4) is 0 Å². The van der Waals surface area contributed by atoms with Gasteiger partial charge in [-0.1, -0.05) is 53.1 Å². The first kappa shape index (κ1) is 11.1. The first-order valence-corrected chi connectivity index (χ1v) is 6.93. The predicted molar refractivity (Wildman–Crippen MR) is 66.8 cm³/mol. The first-order chi connectivity index (χ1) is 8.68. The third-order valence-electron chi connectivity index (χ3n) is 2.88. The number of fused-ring (bicyclic) bond motifs is 1. The van der Waals surface area contributed by atoms with Gasteiger partial charge in [0.2, 0.25) is 0 Å². The van der Waals surface area contributed by atoms with Crippen molar-refractivity contribution in [3.05, 3.63) is 65.7 Å². The van der Waals surface area contributed by atoms with Crippen molar-refractivity contribution in [3.63, 3.8) is 0 Å². The number of hydrogen-bond donors (Lipinski definition) is 0. The van der Waals surface area contributed by atoms with Crippen molar-refractivity contribution >= 4 is 10.0 Å². The fourth-order valence-electron chi connectivity index (χ4n) is 2.04. The van der Waals surface area contributed by atoms with Gasteiger partial charge in [-0.2, -0.15) is 13.5 Å². The minimum Gasteiger partial charge on any atom is -0.198 e. The molecule has 0 aromatic heterocycles. The van der Waals surface area contributed by atoms with Gasteiger partial charge >= 0.3 is 0 Å². The van der Waals surface area contributed by atoms with E-state index in [1.165, 1.54) is 0 Å². The van der Waals surface area contributed by atoms with Crippen LogP contribution in [0.3, 0.4) is 0 Å². The molecule has 1 aliphatic rings. The Bertz CT molecular complexity index is 709. The van der Waals surface area contributed by atoms with Crippen LogP contribution in [0.4, 0.5) is 0 Å². The molecule has 0 aliphatic carbocycles. The molecule has 0 N–H and O–H groups in total. The van der Waals surface area contributed by atoms with E-state index in [0.29, 0.717) is 5.56 Å². The van der Waals surface area contributed by atoms with Gasteiger partial charge in [0.1, 0.15) is 6.04 Å². The second-order valence-electron chi connectivity index (χ2n) is 4.02. The minimum atomic E-state index is -3.62. The molecule has 18 heavy (non-hydrogen) atoms. The van der Waals surface area contributed by atoms with Crippen LogP contribution in [0.5, 0.6) is 0 Å². The van der Waals surface area contributed by atoms with E-state index >= 15 is 0 Å². The summed E-state index contributed by atoms with van der Waals surface area (Å²) in [4.78, 5) is 0.244. The van der Waals surface area contributed by atoms with Crippen molar-refractivity contribution in [2.75, 3.05) is 0 Å². The highest BCUT2D eigenvalue weighted by molar-refractivity contribution is 7.90. The summed E-state index contributed by atoms with van der Waals surface area (Å²) in [6.45, 7) is 0. The number of sulfonamides is 1. The molecule has 3 rings (SSSR count). The summed E-state index contributed by atoms with van der Waals surface area (Å²) in [5.74, 6) is 0. The molecule has 0 amide bonds. The summed E-state index contributed by atoms with van der Waals surface area (Å²) in [5, 5.41) is 3.93. The van der Waals surface area contributed by atoms with Crippen LogP contribution in [0.15, 0.2) is 69.1 Å². The fourth-order valence-corrected chi connectivity index (χ4v) is 3.07. The molecule has 2 aromatic carbocycles. The Hall–Kier alpha value is -2.01. The lowest BCUT2D eigenvalue weighted by molar-refractivity contribution is 0.584. The first-order valence-electron chi connectivity index (χ1n) is 5.49. The van der Waals surface area contributed by atoms with Crippen molar-refractivity contribution in [2.45, 2.75) is 10.9 Å². The highest BCUT2D eigenvalue weighted by atomic mass is 32.2. The van der Waals surface area contributed by atoms with Crippen molar-refractivity contribution in [2.24, 2.45) is 9.63 Å². The van der Waals surface area contributed by atoms with Crippen LogP contribution in [0.2, 0.25) is 0 Å². The Labute approximate surface area is 105 Å². The molecule has 0 fully saturated rings. The molecule has 1 unspecified atom stereocenters. The lowest BCUT2D eigenvalue weighted by Gasteiger charge is -2.18. The number of nitrogens with zero attached hydrogens (tertiary/aromatic N) is 2.